The maximum absolute atomic E-state index is 12.3. The second-order valence-corrected chi connectivity index (χ2v) is 14.3. The minimum absolute atomic E-state index is 0.0636. The van der Waals surface area contributed by atoms with Gasteiger partial charge in [0.2, 0.25) is 0 Å². The largest absolute Gasteiger partial charge is 0.465 e. The highest BCUT2D eigenvalue weighted by atomic mass is 32.2. The fraction of sp³-hybridized carbons (Fsp3) is 0.968. The van der Waals surface area contributed by atoms with Crippen LogP contribution in [0.25, 0.3) is 0 Å². The predicted molar refractivity (Wildman–Crippen MR) is 162 cm³/mol. The van der Waals surface area contributed by atoms with Crippen LogP contribution in [0.3, 0.4) is 0 Å². The number of ether oxygens (including phenoxy) is 1. The summed E-state index contributed by atoms with van der Waals surface area (Å²) in [7, 11) is 0. The third-order valence-corrected chi connectivity index (χ3v) is 11.0. The highest BCUT2D eigenvalue weighted by molar-refractivity contribution is 8.18. The van der Waals surface area contributed by atoms with Gasteiger partial charge in [-0.2, -0.15) is 0 Å². The quantitative estimate of drug-likeness (QED) is 0.0915. The van der Waals surface area contributed by atoms with E-state index in [0.717, 1.165) is 19.3 Å². The van der Waals surface area contributed by atoms with Crippen molar-refractivity contribution in [3.8, 4) is 0 Å². The van der Waals surface area contributed by atoms with E-state index in [9.17, 15) is 9.90 Å². The van der Waals surface area contributed by atoms with Gasteiger partial charge in [-0.1, -0.05) is 123 Å². The molecule has 0 amide bonds. The first-order chi connectivity index (χ1) is 17.7. The van der Waals surface area contributed by atoms with Crippen molar-refractivity contribution < 1.29 is 14.6 Å². The standard InChI is InChI=1S/C31H60O3S2/c1-3-5-7-9-11-13-15-17-19-22-30(33)34-28-29(27-32)26-31(35-24-21-25-36-31)23-20-18-16-14-12-10-8-6-4-2/h29,32H,3-28H2,1-2H3/t29-/m1/s1. The van der Waals surface area contributed by atoms with E-state index in [1.165, 1.54) is 127 Å². The molecule has 0 saturated carbocycles. The Morgan fingerprint density at radius 2 is 1.22 bits per heavy atom. The van der Waals surface area contributed by atoms with Crippen LogP contribution < -0.4 is 0 Å². The normalized spacial score (nSPS) is 16.2. The van der Waals surface area contributed by atoms with Gasteiger partial charge < -0.3 is 9.84 Å². The number of rotatable bonds is 25. The van der Waals surface area contributed by atoms with E-state index < -0.39 is 0 Å². The fourth-order valence-corrected chi connectivity index (χ4v) is 8.79. The number of unbranched alkanes of at least 4 members (excludes halogenated alkanes) is 16. The predicted octanol–water partition coefficient (Wildman–Crippen LogP) is 9.94. The second-order valence-electron chi connectivity index (χ2n) is 11.1. The average Bonchev–Trinajstić information content (AvgIpc) is 2.89. The number of hydrogen-bond donors (Lipinski definition) is 1. The first kappa shape index (κ1) is 34.2. The Morgan fingerprint density at radius 1 is 0.750 bits per heavy atom. The zero-order valence-corrected chi connectivity index (χ0v) is 25.7. The Hall–Kier alpha value is 0.130. The lowest BCUT2D eigenvalue weighted by Crippen LogP contribution is -2.31. The molecule has 0 radical (unpaired) electrons. The first-order valence-electron chi connectivity index (χ1n) is 15.7. The molecule has 0 aliphatic carbocycles. The lowest BCUT2D eigenvalue weighted by Gasteiger charge is -2.38. The molecule has 1 atom stereocenters. The molecule has 1 N–H and O–H groups in total. The SMILES string of the molecule is CCCCCCCCCCCC(=O)OC[C@@H](CO)CC1(CCCCCCCCCCC)SCCCS1. The highest BCUT2D eigenvalue weighted by Crippen LogP contribution is 2.49. The molecule has 0 bridgehead atoms. The van der Waals surface area contributed by atoms with Gasteiger partial charge in [-0.15, -0.1) is 23.5 Å². The Morgan fingerprint density at radius 3 is 1.72 bits per heavy atom. The lowest BCUT2D eigenvalue weighted by atomic mass is 9.99. The van der Waals surface area contributed by atoms with Gasteiger partial charge in [-0.05, 0) is 37.2 Å². The van der Waals surface area contributed by atoms with Crippen molar-refractivity contribution in [2.24, 2.45) is 5.92 Å². The molecule has 5 heteroatoms. The van der Waals surface area contributed by atoms with Gasteiger partial charge in [0.1, 0.15) is 0 Å². The average molecular weight is 545 g/mol. The maximum Gasteiger partial charge on any atom is 0.305 e. The van der Waals surface area contributed by atoms with Gasteiger partial charge in [0.25, 0.3) is 0 Å². The summed E-state index contributed by atoms with van der Waals surface area (Å²) in [4.78, 5) is 12.3. The van der Waals surface area contributed by atoms with Gasteiger partial charge in [0.15, 0.2) is 0 Å². The van der Waals surface area contributed by atoms with Crippen LogP contribution in [0.1, 0.15) is 155 Å². The molecular weight excluding hydrogens is 484 g/mol. The van der Waals surface area contributed by atoms with Crippen LogP contribution in [0.15, 0.2) is 0 Å². The van der Waals surface area contributed by atoms with Crippen LogP contribution >= 0.6 is 23.5 Å². The summed E-state index contributed by atoms with van der Waals surface area (Å²) in [6, 6.07) is 0. The molecule has 1 rings (SSSR count). The number of carbonyl (C=O) groups excluding carboxylic acids is 1. The molecule has 1 saturated heterocycles. The number of hydrogen-bond acceptors (Lipinski definition) is 5. The van der Waals surface area contributed by atoms with Crippen LogP contribution in [0, 0.1) is 5.92 Å². The van der Waals surface area contributed by atoms with E-state index in [2.05, 4.69) is 37.4 Å². The Balaban J connectivity index is 2.22. The summed E-state index contributed by atoms with van der Waals surface area (Å²) in [6.07, 6.45) is 27.6. The minimum atomic E-state index is -0.0756. The van der Waals surface area contributed by atoms with Crippen LogP contribution in [0.4, 0.5) is 0 Å². The lowest BCUT2D eigenvalue weighted by molar-refractivity contribution is -0.145. The first-order valence-corrected chi connectivity index (χ1v) is 17.7. The van der Waals surface area contributed by atoms with E-state index in [1.54, 1.807) is 0 Å². The van der Waals surface area contributed by atoms with Crippen LogP contribution in [-0.2, 0) is 9.53 Å². The second kappa shape index (κ2) is 24.2. The third-order valence-electron chi connectivity index (χ3n) is 7.50. The minimum Gasteiger partial charge on any atom is -0.465 e. The zero-order valence-electron chi connectivity index (χ0n) is 24.0. The molecule has 0 unspecified atom stereocenters. The van der Waals surface area contributed by atoms with E-state index >= 15 is 0 Å². The van der Waals surface area contributed by atoms with E-state index in [-0.39, 0.29) is 22.6 Å². The molecule has 0 aromatic carbocycles. The van der Waals surface area contributed by atoms with Gasteiger partial charge in [-0.3, -0.25) is 4.79 Å². The fourth-order valence-electron chi connectivity index (χ4n) is 5.17. The van der Waals surface area contributed by atoms with Crippen LogP contribution in [0.5, 0.6) is 0 Å². The number of thioether (sulfide) groups is 2. The van der Waals surface area contributed by atoms with Crippen molar-refractivity contribution >= 4 is 29.5 Å². The summed E-state index contributed by atoms with van der Waals surface area (Å²) in [5, 5.41) is 10.1. The number of aliphatic hydroxyl groups is 1. The van der Waals surface area contributed by atoms with Crippen molar-refractivity contribution in [1.29, 1.82) is 0 Å². The van der Waals surface area contributed by atoms with Crippen LogP contribution in [-0.4, -0.2) is 39.9 Å². The molecule has 3 nitrogen and oxygen atoms in total. The molecule has 0 spiro atoms. The molecule has 0 aromatic heterocycles. The zero-order chi connectivity index (χ0) is 26.2. The number of esters is 1. The van der Waals surface area contributed by atoms with Crippen LogP contribution in [0.2, 0.25) is 0 Å². The molecule has 1 aliphatic rings. The summed E-state index contributed by atoms with van der Waals surface area (Å²) in [5.41, 5.74) is 0. The van der Waals surface area contributed by atoms with Crippen molar-refractivity contribution in [1.82, 2.24) is 0 Å². The third kappa shape index (κ3) is 18.4. The molecule has 36 heavy (non-hydrogen) atoms. The Bertz CT molecular complexity index is 494. The van der Waals surface area contributed by atoms with Gasteiger partial charge >= 0.3 is 5.97 Å². The highest BCUT2D eigenvalue weighted by Gasteiger charge is 2.35. The summed E-state index contributed by atoms with van der Waals surface area (Å²) in [5.74, 6) is 2.43. The smallest absolute Gasteiger partial charge is 0.305 e. The van der Waals surface area contributed by atoms with Gasteiger partial charge in [0.05, 0.1) is 10.7 Å². The topological polar surface area (TPSA) is 46.5 Å². The molecule has 1 fully saturated rings. The van der Waals surface area contributed by atoms with Crippen molar-refractivity contribution in [2.75, 3.05) is 24.7 Å². The van der Waals surface area contributed by atoms with E-state index in [0.29, 0.717) is 13.0 Å². The van der Waals surface area contributed by atoms with Gasteiger partial charge in [-0.25, -0.2) is 0 Å². The van der Waals surface area contributed by atoms with Crippen molar-refractivity contribution in [3.05, 3.63) is 0 Å². The molecule has 1 aliphatic heterocycles. The maximum atomic E-state index is 12.3. The summed E-state index contributed by atoms with van der Waals surface area (Å²) < 4.78 is 5.84. The molecular formula is C31H60O3S2. The van der Waals surface area contributed by atoms with Crippen molar-refractivity contribution in [3.63, 3.8) is 0 Å². The van der Waals surface area contributed by atoms with Crippen molar-refractivity contribution in [2.45, 2.75) is 159 Å². The van der Waals surface area contributed by atoms with E-state index in [4.69, 9.17) is 4.74 Å². The summed E-state index contributed by atoms with van der Waals surface area (Å²) in [6.45, 7) is 5.03. The van der Waals surface area contributed by atoms with E-state index in [1.807, 2.05) is 0 Å². The molecule has 0 aromatic rings. The Kier molecular flexibility index (Phi) is 23.0. The molecule has 1 heterocycles. The Labute approximate surface area is 233 Å². The molecule has 214 valence electrons. The van der Waals surface area contributed by atoms with Gasteiger partial charge in [0, 0.05) is 18.9 Å². The monoisotopic (exact) mass is 544 g/mol. The number of carbonyl (C=O) groups is 1. The summed E-state index contributed by atoms with van der Waals surface area (Å²) >= 11 is 4.21. The number of aliphatic hydroxyl groups excluding tert-OH is 1.